The molecule has 0 atom stereocenters. The fourth-order valence-electron chi connectivity index (χ4n) is 2.19. The second-order valence-electron chi connectivity index (χ2n) is 5.65. The van der Waals surface area contributed by atoms with E-state index in [0.717, 1.165) is 0 Å². The lowest BCUT2D eigenvalue weighted by molar-refractivity contribution is 0.0994. The second-order valence-corrected chi connectivity index (χ2v) is 7.89. The van der Waals surface area contributed by atoms with Crippen molar-refractivity contribution in [3.05, 3.63) is 105 Å². The number of ketones is 2. The summed E-state index contributed by atoms with van der Waals surface area (Å²) in [7, 11) is -8.72. The Balaban J connectivity index is 0.000000272. The first kappa shape index (κ1) is 27.6. The molecule has 0 heterocycles. The van der Waals surface area contributed by atoms with E-state index in [1.807, 2.05) is 4.52 Å². The highest BCUT2D eigenvalue weighted by atomic mass is 32.2. The molecule has 0 bridgehead atoms. The van der Waals surface area contributed by atoms with Gasteiger partial charge in [0.15, 0.2) is 11.6 Å². The molecule has 2 aromatic rings. The standard InChI is InChI=1S/C10H6O2.C8H7N3O3S.HN3O3S/c11-9-5-6-10(12)8-4-2-1-3-7(8)9;1-2-7-5-3-4-6-8(7)14-15(12,13)11-10-9;1-2-3-7(4,5)6/h1-6H;2-6H,1H2;(H,4,5,6). The third kappa shape index (κ3) is 9.35. The summed E-state index contributed by atoms with van der Waals surface area (Å²) in [6.07, 6.45) is 4.05. The molecule has 176 valence electrons. The molecule has 0 saturated carbocycles. The molecule has 0 aliphatic heterocycles. The SMILES string of the molecule is C=Cc1ccccc1OS(=O)(=O)N=[N+]=[N-].O=C1C=CC(=O)c2ccccc21.[N-]=[N+]=NS(=O)(=O)O. The molecule has 1 aliphatic rings. The molecule has 0 amide bonds. The monoisotopic (exact) mass is 506 g/mol. The van der Waals surface area contributed by atoms with Crippen LogP contribution in [0.1, 0.15) is 26.3 Å². The van der Waals surface area contributed by atoms with Gasteiger partial charge in [-0.3, -0.25) is 14.1 Å². The molecule has 0 saturated heterocycles. The van der Waals surface area contributed by atoms with Gasteiger partial charge in [0.25, 0.3) is 0 Å². The van der Waals surface area contributed by atoms with Gasteiger partial charge >= 0.3 is 20.6 Å². The van der Waals surface area contributed by atoms with Crippen LogP contribution < -0.4 is 4.18 Å². The average molecular weight is 506 g/mol. The van der Waals surface area contributed by atoms with Gasteiger partial charge in [-0.15, -0.1) is 0 Å². The summed E-state index contributed by atoms with van der Waals surface area (Å²) in [4.78, 5) is 26.3. The van der Waals surface area contributed by atoms with Crippen LogP contribution in [0.25, 0.3) is 27.0 Å². The van der Waals surface area contributed by atoms with Gasteiger partial charge in [-0.05, 0) is 29.3 Å². The third-order valence-electron chi connectivity index (χ3n) is 3.45. The molecule has 0 radical (unpaired) electrons. The lowest BCUT2D eigenvalue weighted by Gasteiger charge is -2.06. The summed E-state index contributed by atoms with van der Waals surface area (Å²) in [5, 5.41) is 0. The van der Waals surface area contributed by atoms with E-state index in [4.69, 9.17) is 15.6 Å². The van der Waals surface area contributed by atoms with Crippen LogP contribution in [0.2, 0.25) is 0 Å². The summed E-state index contributed by atoms with van der Waals surface area (Å²) in [5.74, 6) is -0.115. The lowest BCUT2D eigenvalue weighted by atomic mass is 9.95. The van der Waals surface area contributed by atoms with Gasteiger partial charge in [0, 0.05) is 26.5 Å². The summed E-state index contributed by atoms with van der Waals surface area (Å²) >= 11 is 0. The Morgan fingerprint density at radius 1 is 0.853 bits per heavy atom. The summed E-state index contributed by atoms with van der Waals surface area (Å²) in [5.41, 5.74) is 16.8. The number of nitrogens with zero attached hydrogens (tertiary/aromatic N) is 6. The van der Waals surface area contributed by atoms with E-state index in [-0.39, 0.29) is 17.3 Å². The van der Waals surface area contributed by atoms with Crippen molar-refractivity contribution in [2.24, 2.45) is 9.04 Å². The molecular weight excluding hydrogens is 492 g/mol. The molecular formula is C18H14N6O8S2. The molecule has 0 spiro atoms. The maximum Gasteiger partial charge on any atom is 0.403 e. The molecule has 0 unspecified atom stereocenters. The first-order chi connectivity index (χ1) is 15.9. The minimum Gasteiger partial charge on any atom is -0.376 e. The Kier molecular flexibility index (Phi) is 10.2. The third-order valence-corrected chi connectivity index (χ3v) is 4.40. The number of rotatable bonds is 5. The molecule has 16 heteroatoms. The zero-order valence-corrected chi connectivity index (χ0v) is 18.5. The van der Waals surface area contributed by atoms with E-state index in [9.17, 15) is 26.4 Å². The Hall–Kier alpha value is -4.46. The number of carbonyl (C=O) groups is 2. The summed E-state index contributed by atoms with van der Waals surface area (Å²) in [6, 6.07) is 13.2. The van der Waals surface area contributed by atoms with Crippen LogP contribution in [0.15, 0.2) is 76.3 Å². The topological polar surface area (TPSA) is 229 Å². The number of para-hydroxylation sites is 1. The van der Waals surface area contributed by atoms with Crippen LogP contribution in [0.3, 0.4) is 0 Å². The molecule has 34 heavy (non-hydrogen) atoms. The van der Waals surface area contributed by atoms with Crippen LogP contribution in [-0.2, 0) is 20.6 Å². The fraction of sp³-hybridized carbons (Fsp3) is 0. The van der Waals surface area contributed by atoms with Crippen molar-refractivity contribution in [2.45, 2.75) is 0 Å². The highest BCUT2D eigenvalue weighted by Gasteiger charge is 2.17. The first-order valence-electron chi connectivity index (χ1n) is 8.56. The largest absolute Gasteiger partial charge is 0.403 e. The van der Waals surface area contributed by atoms with Gasteiger partial charge in [-0.2, -0.15) is 16.8 Å². The van der Waals surface area contributed by atoms with E-state index in [1.165, 1.54) is 24.3 Å². The predicted molar refractivity (Wildman–Crippen MR) is 120 cm³/mol. The van der Waals surface area contributed by atoms with Gasteiger partial charge in [-0.25, -0.2) is 0 Å². The van der Waals surface area contributed by atoms with Crippen molar-refractivity contribution < 1.29 is 35.2 Å². The van der Waals surface area contributed by atoms with Crippen molar-refractivity contribution >= 4 is 38.3 Å². The molecule has 2 aromatic carbocycles. The van der Waals surface area contributed by atoms with Gasteiger partial charge in [0.2, 0.25) is 0 Å². The predicted octanol–water partition coefficient (Wildman–Crippen LogP) is 3.98. The smallest absolute Gasteiger partial charge is 0.376 e. The normalized spacial score (nSPS) is 11.7. The van der Waals surface area contributed by atoms with Crippen molar-refractivity contribution in [2.75, 3.05) is 0 Å². The van der Waals surface area contributed by atoms with Crippen LogP contribution in [0.5, 0.6) is 5.75 Å². The van der Waals surface area contributed by atoms with E-state index in [0.29, 0.717) is 16.7 Å². The molecule has 0 fully saturated rings. The maximum atomic E-state index is 11.2. The van der Waals surface area contributed by atoms with Crippen molar-refractivity contribution in [1.29, 1.82) is 0 Å². The van der Waals surface area contributed by atoms with Crippen LogP contribution in [0, 0.1) is 0 Å². The minimum atomic E-state index is -4.47. The minimum absolute atomic E-state index is 0.0694. The first-order valence-corrected chi connectivity index (χ1v) is 11.3. The highest BCUT2D eigenvalue weighted by Crippen LogP contribution is 2.21. The fourth-order valence-corrected chi connectivity index (χ4v) is 2.78. The van der Waals surface area contributed by atoms with Gasteiger partial charge in [0.05, 0.1) is 9.04 Å². The van der Waals surface area contributed by atoms with Crippen molar-refractivity contribution in [1.82, 2.24) is 0 Å². The van der Waals surface area contributed by atoms with E-state index < -0.39 is 20.6 Å². The Labute approximate surface area is 193 Å². The van der Waals surface area contributed by atoms with Crippen molar-refractivity contribution in [3.8, 4) is 5.75 Å². The van der Waals surface area contributed by atoms with Crippen molar-refractivity contribution in [3.63, 3.8) is 0 Å². The molecule has 1 aliphatic carbocycles. The zero-order chi connectivity index (χ0) is 25.8. The Morgan fingerprint density at radius 2 is 1.32 bits per heavy atom. The number of hydrogen-bond acceptors (Lipinski definition) is 7. The van der Waals surface area contributed by atoms with Crippen LogP contribution >= 0.6 is 0 Å². The van der Waals surface area contributed by atoms with Crippen LogP contribution in [-0.4, -0.2) is 33.0 Å². The van der Waals surface area contributed by atoms with Gasteiger partial charge in [-0.1, -0.05) is 55.1 Å². The van der Waals surface area contributed by atoms with Gasteiger partial charge < -0.3 is 4.18 Å². The van der Waals surface area contributed by atoms with Gasteiger partial charge in [0.1, 0.15) is 5.75 Å². The number of fused-ring (bicyclic) bond motifs is 1. The number of allylic oxidation sites excluding steroid dienone is 2. The molecule has 0 aromatic heterocycles. The Morgan fingerprint density at radius 3 is 1.74 bits per heavy atom. The molecule has 14 nitrogen and oxygen atoms in total. The zero-order valence-electron chi connectivity index (χ0n) is 16.9. The highest BCUT2D eigenvalue weighted by molar-refractivity contribution is 7.85. The van der Waals surface area contributed by atoms with Crippen LogP contribution in [0.4, 0.5) is 0 Å². The lowest BCUT2D eigenvalue weighted by Crippen LogP contribution is -2.10. The van der Waals surface area contributed by atoms with E-state index in [1.54, 1.807) is 47.4 Å². The second kappa shape index (κ2) is 12.5. The quantitative estimate of drug-likeness (QED) is 0.269. The molecule has 3 rings (SSSR count). The number of benzene rings is 2. The number of azide groups is 2. The maximum absolute atomic E-state index is 11.2. The van der Waals surface area contributed by atoms with E-state index >= 15 is 0 Å². The van der Waals surface area contributed by atoms with E-state index in [2.05, 4.69) is 20.2 Å². The summed E-state index contributed by atoms with van der Waals surface area (Å²) in [6.45, 7) is 3.49. The average Bonchev–Trinajstić information content (AvgIpc) is 2.77. The summed E-state index contributed by atoms with van der Waals surface area (Å²) < 4.78 is 57.3. The molecule has 1 N–H and O–H groups in total. The Bertz CT molecular complexity index is 1400. The number of carbonyl (C=O) groups excluding carboxylic acids is 2. The number of hydrogen-bond donors (Lipinski definition) is 1.